The quantitative estimate of drug-likeness (QED) is 0.619. The molecule has 5 nitrogen and oxygen atoms in total. The lowest BCUT2D eigenvalue weighted by molar-refractivity contribution is 0.0952. The van der Waals surface area contributed by atoms with Crippen LogP contribution in [0, 0.1) is 0 Å². The van der Waals surface area contributed by atoms with Crippen LogP contribution in [0.15, 0.2) is 72.8 Å². The van der Waals surface area contributed by atoms with Crippen LogP contribution in [0.2, 0.25) is 5.02 Å². The molecule has 0 aliphatic carbocycles. The smallest absolute Gasteiger partial charge is 0.259 e. The second kappa shape index (κ2) is 8.38. The summed E-state index contributed by atoms with van der Waals surface area (Å²) in [6, 6.07) is 20.4. The average molecular weight is 381 g/mol. The Kier molecular flexibility index (Phi) is 5.74. The molecule has 0 radical (unpaired) electrons. The van der Waals surface area contributed by atoms with Crippen LogP contribution in [0.4, 0.5) is 5.69 Å². The summed E-state index contributed by atoms with van der Waals surface area (Å²) in [5.41, 5.74) is 1.66. The van der Waals surface area contributed by atoms with Crippen LogP contribution in [-0.2, 0) is 6.54 Å². The van der Waals surface area contributed by atoms with Gasteiger partial charge in [0.15, 0.2) is 0 Å². The first-order valence-electron chi connectivity index (χ1n) is 8.25. The predicted molar refractivity (Wildman–Crippen MR) is 105 cm³/mol. The van der Waals surface area contributed by atoms with E-state index in [9.17, 15) is 14.7 Å². The van der Waals surface area contributed by atoms with Gasteiger partial charge in [-0.15, -0.1) is 0 Å². The van der Waals surface area contributed by atoms with Gasteiger partial charge in [0.25, 0.3) is 11.8 Å². The molecule has 0 aromatic heterocycles. The van der Waals surface area contributed by atoms with E-state index >= 15 is 0 Å². The summed E-state index contributed by atoms with van der Waals surface area (Å²) in [6.07, 6.45) is 0. The molecule has 27 heavy (non-hydrogen) atoms. The molecule has 0 heterocycles. The normalized spacial score (nSPS) is 10.3. The van der Waals surface area contributed by atoms with Crippen molar-refractivity contribution in [3.05, 3.63) is 94.5 Å². The van der Waals surface area contributed by atoms with E-state index in [1.165, 1.54) is 18.2 Å². The highest BCUT2D eigenvalue weighted by Gasteiger charge is 2.16. The SMILES string of the molecule is O=C(Nc1ccccc1C(=O)NCc1ccccc1)c1cc(Cl)ccc1O. The Hall–Kier alpha value is -3.31. The van der Waals surface area contributed by atoms with E-state index in [-0.39, 0.29) is 17.2 Å². The van der Waals surface area contributed by atoms with Gasteiger partial charge >= 0.3 is 0 Å². The second-order valence-electron chi connectivity index (χ2n) is 5.83. The molecule has 0 unspecified atom stereocenters. The summed E-state index contributed by atoms with van der Waals surface area (Å²) in [7, 11) is 0. The Balaban J connectivity index is 1.76. The number of carbonyl (C=O) groups is 2. The predicted octanol–water partition coefficient (Wildman–Crippen LogP) is 4.23. The molecule has 3 rings (SSSR count). The zero-order valence-corrected chi connectivity index (χ0v) is 15.0. The maximum Gasteiger partial charge on any atom is 0.259 e. The molecule has 0 aliphatic heterocycles. The molecule has 0 aliphatic rings. The molecule has 0 bridgehead atoms. The minimum Gasteiger partial charge on any atom is -0.507 e. The van der Waals surface area contributed by atoms with E-state index in [0.29, 0.717) is 22.8 Å². The molecule has 3 aromatic carbocycles. The molecule has 0 atom stereocenters. The third-order valence-corrected chi connectivity index (χ3v) is 4.15. The summed E-state index contributed by atoms with van der Waals surface area (Å²) in [5.74, 6) is -1.06. The minimum atomic E-state index is -0.557. The maximum atomic E-state index is 12.5. The van der Waals surface area contributed by atoms with Gasteiger partial charge in [-0.2, -0.15) is 0 Å². The Morgan fingerprint density at radius 1 is 0.852 bits per heavy atom. The van der Waals surface area contributed by atoms with E-state index in [1.807, 2.05) is 30.3 Å². The van der Waals surface area contributed by atoms with Crippen LogP contribution < -0.4 is 10.6 Å². The third-order valence-electron chi connectivity index (χ3n) is 3.92. The van der Waals surface area contributed by atoms with E-state index < -0.39 is 5.91 Å². The summed E-state index contributed by atoms with van der Waals surface area (Å²) < 4.78 is 0. The van der Waals surface area contributed by atoms with Gasteiger partial charge in [-0.3, -0.25) is 9.59 Å². The van der Waals surface area contributed by atoms with Gasteiger partial charge in [-0.1, -0.05) is 54.1 Å². The molecule has 0 saturated heterocycles. The number of anilines is 1. The van der Waals surface area contributed by atoms with E-state index in [4.69, 9.17) is 11.6 Å². The Morgan fingerprint density at radius 2 is 1.56 bits per heavy atom. The van der Waals surface area contributed by atoms with Crippen molar-refractivity contribution < 1.29 is 14.7 Å². The Labute approximate surface area is 161 Å². The number of phenols is 1. The fourth-order valence-electron chi connectivity index (χ4n) is 2.54. The van der Waals surface area contributed by atoms with Crippen molar-refractivity contribution in [2.45, 2.75) is 6.54 Å². The summed E-state index contributed by atoms with van der Waals surface area (Å²) in [5, 5.41) is 15.7. The van der Waals surface area contributed by atoms with Gasteiger partial charge < -0.3 is 15.7 Å². The fraction of sp³-hybridized carbons (Fsp3) is 0.0476. The highest BCUT2D eigenvalue weighted by molar-refractivity contribution is 6.31. The first kappa shape index (κ1) is 18.5. The molecule has 0 spiro atoms. The maximum absolute atomic E-state index is 12.5. The van der Waals surface area contributed by atoms with Gasteiger partial charge in [-0.05, 0) is 35.9 Å². The van der Waals surface area contributed by atoms with Crippen molar-refractivity contribution >= 4 is 29.1 Å². The molecule has 3 N–H and O–H groups in total. The fourth-order valence-corrected chi connectivity index (χ4v) is 2.72. The monoisotopic (exact) mass is 380 g/mol. The largest absolute Gasteiger partial charge is 0.507 e. The third kappa shape index (κ3) is 4.65. The summed E-state index contributed by atoms with van der Waals surface area (Å²) in [6.45, 7) is 0.372. The molecule has 3 aromatic rings. The van der Waals surface area contributed by atoms with E-state index in [2.05, 4.69) is 10.6 Å². The number of hydrogen-bond acceptors (Lipinski definition) is 3. The lowest BCUT2D eigenvalue weighted by atomic mass is 10.1. The lowest BCUT2D eigenvalue weighted by Gasteiger charge is -2.12. The number of nitrogens with one attached hydrogen (secondary N) is 2. The zero-order chi connectivity index (χ0) is 19.2. The number of amides is 2. The molecule has 136 valence electrons. The first-order chi connectivity index (χ1) is 13.0. The van der Waals surface area contributed by atoms with Crippen LogP contribution in [0.25, 0.3) is 0 Å². The zero-order valence-electron chi connectivity index (χ0n) is 14.3. The molecular weight excluding hydrogens is 364 g/mol. The Bertz CT molecular complexity index is 974. The van der Waals surface area contributed by atoms with Gasteiger partial charge in [0, 0.05) is 11.6 Å². The second-order valence-corrected chi connectivity index (χ2v) is 6.27. The van der Waals surface area contributed by atoms with Gasteiger partial charge in [-0.25, -0.2) is 0 Å². The number of phenolic OH excluding ortho intramolecular Hbond substituents is 1. The highest BCUT2D eigenvalue weighted by atomic mass is 35.5. The molecular formula is C21H17ClN2O3. The van der Waals surface area contributed by atoms with E-state index in [1.54, 1.807) is 24.3 Å². The van der Waals surface area contributed by atoms with Crippen LogP contribution >= 0.6 is 11.6 Å². The molecule has 2 amide bonds. The number of aromatic hydroxyl groups is 1. The molecule has 6 heteroatoms. The van der Waals surface area contributed by atoms with Crippen molar-refractivity contribution in [3.8, 4) is 5.75 Å². The van der Waals surface area contributed by atoms with Crippen LogP contribution in [0.3, 0.4) is 0 Å². The topological polar surface area (TPSA) is 78.4 Å². The molecule has 0 saturated carbocycles. The van der Waals surface area contributed by atoms with Crippen molar-refractivity contribution in [3.63, 3.8) is 0 Å². The Morgan fingerprint density at radius 3 is 2.33 bits per heavy atom. The van der Waals surface area contributed by atoms with Crippen molar-refractivity contribution in [2.24, 2.45) is 0 Å². The van der Waals surface area contributed by atoms with Gasteiger partial charge in [0.05, 0.1) is 16.8 Å². The molecule has 0 fully saturated rings. The number of rotatable bonds is 5. The number of benzene rings is 3. The van der Waals surface area contributed by atoms with Crippen LogP contribution in [0.5, 0.6) is 5.75 Å². The minimum absolute atomic E-state index is 0.0296. The van der Waals surface area contributed by atoms with Gasteiger partial charge in [0.1, 0.15) is 5.75 Å². The highest BCUT2D eigenvalue weighted by Crippen LogP contribution is 2.23. The number of halogens is 1. The van der Waals surface area contributed by atoms with Crippen LogP contribution in [-0.4, -0.2) is 16.9 Å². The van der Waals surface area contributed by atoms with Crippen molar-refractivity contribution in [1.82, 2.24) is 5.32 Å². The lowest BCUT2D eigenvalue weighted by Crippen LogP contribution is -2.24. The summed E-state index contributed by atoms with van der Waals surface area (Å²) >= 11 is 5.89. The number of hydrogen-bond donors (Lipinski definition) is 3. The number of para-hydroxylation sites is 1. The number of carbonyl (C=O) groups excluding carboxylic acids is 2. The van der Waals surface area contributed by atoms with Crippen molar-refractivity contribution in [1.29, 1.82) is 0 Å². The van der Waals surface area contributed by atoms with Crippen LogP contribution in [0.1, 0.15) is 26.3 Å². The summed E-state index contributed by atoms with van der Waals surface area (Å²) in [4.78, 5) is 25.0. The van der Waals surface area contributed by atoms with E-state index in [0.717, 1.165) is 5.56 Å². The first-order valence-corrected chi connectivity index (χ1v) is 8.63. The standard InChI is InChI=1S/C21H17ClN2O3/c22-15-10-11-19(25)17(12-15)21(27)24-18-9-5-4-8-16(18)20(26)23-13-14-6-2-1-3-7-14/h1-12,25H,13H2,(H,23,26)(H,24,27). The van der Waals surface area contributed by atoms with Gasteiger partial charge in [0.2, 0.25) is 0 Å². The average Bonchev–Trinajstić information content (AvgIpc) is 2.69. The van der Waals surface area contributed by atoms with Crippen molar-refractivity contribution in [2.75, 3.05) is 5.32 Å².